The van der Waals surface area contributed by atoms with E-state index in [4.69, 9.17) is 10.5 Å². The second-order valence-corrected chi connectivity index (χ2v) is 3.08. The number of aliphatic hydroxyl groups is 2. The van der Waals surface area contributed by atoms with Gasteiger partial charge in [0.1, 0.15) is 11.7 Å². The van der Waals surface area contributed by atoms with E-state index in [1.54, 1.807) is 6.92 Å². The zero-order chi connectivity index (χ0) is 8.48. The summed E-state index contributed by atoms with van der Waals surface area (Å²) >= 11 is 0. The molecule has 1 heterocycles. The van der Waals surface area contributed by atoms with Crippen LogP contribution in [0.3, 0.4) is 0 Å². The largest absolute Gasteiger partial charge is 0.387 e. The number of hydrogen-bond donors (Lipinski definition) is 3. The van der Waals surface area contributed by atoms with Gasteiger partial charge in [-0.25, -0.2) is 0 Å². The molecule has 1 aliphatic heterocycles. The zero-order valence-electron chi connectivity index (χ0n) is 6.66. The molecule has 66 valence electrons. The lowest BCUT2D eigenvalue weighted by Crippen LogP contribution is -2.57. The molecule has 1 rings (SSSR count). The van der Waals surface area contributed by atoms with Crippen molar-refractivity contribution in [2.75, 3.05) is 13.2 Å². The number of aliphatic hydroxyl groups excluding tert-OH is 1. The van der Waals surface area contributed by atoms with Crippen molar-refractivity contribution in [2.45, 2.75) is 31.2 Å². The summed E-state index contributed by atoms with van der Waals surface area (Å²) in [7, 11) is 0. The van der Waals surface area contributed by atoms with Crippen LogP contribution in [0.2, 0.25) is 0 Å². The molecule has 3 unspecified atom stereocenters. The van der Waals surface area contributed by atoms with Gasteiger partial charge in [0, 0.05) is 19.6 Å². The van der Waals surface area contributed by atoms with E-state index in [9.17, 15) is 10.2 Å². The van der Waals surface area contributed by atoms with Crippen molar-refractivity contribution in [3.8, 4) is 0 Å². The molecule has 1 aliphatic rings. The second kappa shape index (κ2) is 3.06. The fraction of sp³-hybridized carbons (Fsp3) is 1.00. The van der Waals surface area contributed by atoms with Crippen LogP contribution in [0, 0.1) is 0 Å². The summed E-state index contributed by atoms with van der Waals surface area (Å²) < 4.78 is 5.12. The van der Waals surface area contributed by atoms with Gasteiger partial charge in [0.15, 0.2) is 0 Å². The summed E-state index contributed by atoms with van der Waals surface area (Å²) in [5, 5.41) is 19.1. The fourth-order valence-electron chi connectivity index (χ4n) is 1.32. The van der Waals surface area contributed by atoms with E-state index in [2.05, 4.69) is 0 Å². The summed E-state index contributed by atoms with van der Waals surface area (Å²) in [6.07, 6.45) is -0.770. The minimum absolute atomic E-state index is 0.0852. The second-order valence-electron chi connectivity index (χ2n) is 3.08. The third-order valence-corrected chi connectivity index (χ3v) is 2.26. The average molecular weight is 161 g/mol. The van der Waals surface area contributed by atoms with Gasteiger partial charge >= 0.3 is 0 Å². The molecule has 3 atom stereocenters. The molecule has 0 saturated carbocycles. The fourth-order valence-corrected chi connectivity index (χ4v) is 1.32. The number of ether oxygens (including phenoxy) is 1. The van der Waals surface area contributed by atoms with Gasteiger partial charge in [-0.15, -0.1) is 0 Å². The van der Waals surface area contributed by atoms with Gasteiger partial charge in [-0.3, -0.25) is 0 Å². The third-order valence-electron chi connectivity index (χ3n) is 2.26. The number of hydrogen-bond acceptors (Lipinski definition) is 4. The molecule has 0 aromatic heterocycles. The maximum absolute atomic E-state index is 9.66. The molecular weight excluding hydrogens is 146 g/mol. The summed E-state index contributed by atoms with van der Waals surface area (Å²) in [4.78, 5) is 0. The predicted molar refractivity (Wildman–Crippen MR) is 40.0 cm³/mol. The van der Waals surface area contributed by atoms with Crippen molar-refractivity contribution in [3.63, 3.8) is 0 Å². The lowest BCUT2D eigenvalue weighted by Gasteiger charge is -2.39. The van der Waals surface area contributed by atoms with Crippen LogP contribution in [-0.2, 0) is 4.74 Å². The first-order valence-electron chi connectivity index (χ1n) is 3.82. The Labute approximate surface area is 66.0 Å². The van der Waals surface area contributed by atoms with E-state index in [0.29, 0.717) is 13.0 Å². The predicted octanol–water partition coefficient (Wildman–Crippen LogP) is -1.15. The van der Waals surface area contributed by atoms with E-state index in [-0.39, 0.29) is 12.6 Å². The summed E-state index contributed by atoms with van der Waals surface area (Å²) in [5.41, 5.74) is 4.18. The smallest absolute Gasteiger partial charge is 0.110 e. The van der Waals surface area contributed by atoms with Crippen LogP contribution in [0.15, 0.2) is 0 Å². The Bertz CT molecular complexity index is 142. The quantitative estimate of drug-likeness (QED) is 0.453. The SMILES string of the molecule is CC1OCCC(O)(CN)C1O. The van der Waals surface area contributed by atoms with Gasteiger partial charge in [-0.1, -0.05) is 0 Å². The molecule has 4 N–H and O–H groups in total. The molecule has 0 spiro atoms. The van der Waals surface area contributed by atoms with Gasteiger partial charge in [-0.2, -0.15) is 0 Å². The van der Waals surface area contributed by atoms with Crippen LogP contribution in [0.4, 0.5) is 0 Å². The van der Waals surface area contributed by atoms with Crippen molar-refractivity contribution < 1.29 is 14.9 Å². The summed E-state index contributed by atoms with van der Waals surface area (Å²) in [6.45, 7) is 2.28. The molecule has 4 heteroatoms. The third kappa shape index (κ3) is 1.54. The molecule has 0 aromatic carbocycles. The molecule has 1 saturated heterocycles. The van der Waals surface area contributed by atoms with Gasteiger partial charge in [0.25, 0.3) is 0 Å². The maximum Gasteiger partial charge on any atom is 0.110 e. The van der Waals surface area contributed by atoms with Gasteiger partial charge in [-0.05, 0) is 6.92 Å². The Kier molecular flexibility index (Phi) is 2.49. The van der Waals surface area contributed by atoms with Crippen LogP contribution in [-0.4, -0.2) is 41.2 Å². The number of nitrogens with two attached hydrogens (primary N) is 1. The van der Waals surface area contributed by atoms with E-state index in [1.807, 2.05) is 0 Å². The first-order valence-corrected chi connectivity index (χ1v) is 3.82. The molecule has 0 radical (unpaired) electrons. The molecule has 0 aromatic rings. The van der Waals surface area contributed by atoms with Crippen molar-refractivity contribution >= 4 is 0 Å². The van der Waals surface area contributed by atoms with Crippen molar-refractivity contribution in [1.82, 2.24) is 0 Å². The lowest BCUT2D eigenvalue weighted by atomic mass is 9.88. The highest BCUT2D eigenvalue weighted by Gasteiger charge is 2.41. The highest BCUT2D eigenvalue weighted by Crippen LogP contribution is 2.23. The van der Waals surface area contributed by atoms with E-state index < -0.39 is 11.7 Å². The standard InChI is InChI=1S/C7H15NO3/c1-5-6(9)7(10,4-8)2-3-11-5/h5-6,9-10H,2-4,8H2,1H3. The Morgan fingerprint density at radius 1 is 1.73 bits per heavy atom. The van der Waals surface area contributed by atoms with Crippen LogP contribution >= 0.6 is 0 Å². The molecule has 11 heavy (non-hydrogen) atoms. The maximum atomic E-state index is 9.66. The topological polar surface area (TPSA) is 75.7 Å². The first-order chi connectivity index (χ1) is 5.10. The Morgan fingerprint density at radius 2 is 2.36 bits per heavy atom. The van der Waals surface area contributed by atoms with Crippen molar-refractivity contribution in [1.29, 1.82) is 0 Å². The van der Waals surface area contributed by atoms with Crippen LogP contribution in [0.5, 0.6) is 0 Å². The van der Waals surface area contributed by atoms with Gasteiger partial charge in [0.2, 0.25) is 0 Å². The molecule has 1 fully saturated rings. The Balaban J connectivity index is 2.64. The van der Waals surface area contributed by atoms with E-state index in [1.165, 1.54) is 0 Å². The Hall–Kier alpha value is -0.160. The minimum atomic E-state index is -1.14. The molecule has 0 aliphatic carbocycles. The Morgan fingerprint density at radius 3 is 2.82 bits per heavy atom. The zero-order valence-corrected chi connectivity index (χ0v) is 6.66. The van der Waals surface area contributed by atoms with Crippen LogP contribution < -0.4 is 5.73 Å². The molecule has 4 nitrogen and oxygen atoms in total. The van der Waals surface area contributed by atoms with Crippen LogP contribution in [0.25, 0.3) is 0 Å². The monoisotopic (exact) mass is 161 g/mol. The lowest BCUT2D eigenvalue weighted by molar-refractivity contribution is -0.179. The van der Waals surface area contributed by atoms with Crippen LogP contribution in [0.1, 0.15) is 13.3 Å². The van der Waals surface area contributed by atoms with Crippen molar-refractivity contribution in [3.05, 3.63) is 0 Å². The molecule has 0 bridgehead atoms. The van der Waals surface area contributed by atoms with Gasteiger partial charge < -0.3 is 20.7 Å². The van der Waals surface area contributed by atoms with Crippen molar-refractivity contribution in [2.24, 2.45) is 5.73 Å². The molecule has 0 amide bonds. The summed E-state index contributed by atoms with van der Waals surface area (Å²) in [6, 6.07) is 0. The highest BCUT2D eigenvalue weighted by atomic mass is 16.5. The van der Waals surface area contributed by atoms with Gasteiger partial charge in [0.05, 0.1) is 6.10 Å². The van der Waals surface area contributed by atoms with E-state index in [0.717, 1.165) is 0 Å². The normalized spacial score (nSPS) is 45.8. The number of rotatable bonds is 1. The molecular formula is C7H15NO3. The van der Waals surface area contributed by atoms with E-state index >= 15 is 0 Å². The first kappa shape index (κ1) is 8.93. The highest BCUT2D eigenvalue weighted by molar-refractivity contribution is 4.93. The summed E-state index contributed by atoms with van der Waals surface area (Å²) in [5.74, 6) is 0. The average Bonchev–Trinajstić information content (AvgIpc) is 2.00. The minimum Gasteiger partial charge on any atom is -0.387 e.